The van der Waals surface area contributed by atoms with Gasteiger partial charge < -0.3 is 20.5 Å². The number of nitrogens with one attached hydrogen (secondary N) is 1. The Balaban J connectivity index is 1.96. The molecule has 0 aliphatic heterocycles. The number of hydrogen-bond acceptors (Lipinski definition) is 4. The van der Waals surface area contributed by atoms with Crippen LogP contribution in [0.15, 0.2) is 54.6 Å². The second kappa shape index (κ2) is 10.2. The van der Waals surface area contributed by atoms with E-state index < -0.39 is 12.0 Å². The second-order valence-corrected chi connectivity index (χ2v) is 5.74. The van der Waals surface area contributed by atoms with Gasteiger partial charge >= 0.3 is 5.97 Å². The molecule has 0 spiro atoms. The van der Waals surface area contributed by atoms with Gasteiger partial charge in [0.15, 0.2) is 6.54 Å². The summed E-state index contributed by atoms with van der Waals surface area (Å²) in [4.78, 5) is 23.6. The van der Waals surface area contributed by atoms with Crippen molar-refractivity contribution in [3.05, 3.63) is 65.7 Å². The zero-order chi connectivity index (χ0) is 18.8. The molecule has 26 heavy (non-hydrogen) atoms. The average Bonchev–Trinajstić information content (AvgIpc) is 2.67. The molecular formula is C20H25N2O4+. The highest BCUT2D eigenvalue weighted by atomic mass is 16.5. The number of esters is 1. The summed E-state index contributed by atoms with van der Waals surface area (Å²) in [5.74, 6) is 0.0108. The molecule has 0 aromatic heterocycles. The van der Waals surface area contributed by atoms with Gasteiger partial charge in [-0.25, -0.2) is 4.79 Å². The Kier molecular flexibility index (Phi) is 7.64. The molecule has 4 N–H and O–H groups in total. The van der Waals surface area contributed by atoms with Crippen LogP contribution in [0.5, 0.6) is 5.75 Å². The van der Waals surface area contributed by atoms with Gasteiger partial charge in [-0.1, -0.05) is 42.5 Å². The van der Waals surface area contributed by atoms with E-state index in [0.717, 1.165) is 16.9 Å². The van der Waals surface area contributed by atoms with Gasteiger partial charge in [-0.3, -0.25) is 4.79 Å². The molecule has 0 radical (unpaired) electrons. The smallest absolute Gasteiger partial charge is 0.328 e. The predicted octanol–water partition coefficient (Wildman–Crippen LogP) is 1.10. The van der Waals surface area contributed by atoms with Crippen molar-refractivity contribution >= 4 is 11.9 Å². The third kappa shape index (κ3) is 6.22. The molecule has 1 atom stereocenters. The summed E-state index contributed by atoms with van der Waals surface area (Å²) in [7, 11) is 0. The first kappa shape index (κ1) is 19.5. The minimum Gasteiger partial charge on any atom is -0.489 e. The molecule has 0 saturated heterocycles. The van der Waals surface area contributed by atoms with Gasteiger partial charge in [0.25, 0.3) is 5.91 Å². The maximum Gasteiger partial charge on any atom is 0.328 e. The number of benzene rings is 2. The van der Waals surface area contributed by atoms with E-state index in [4.69, 9.17) is 9.47 Å². The lowest BCUT2D eigenvalue weighted by molar-refractivity contribution is -0.355. The zero-order valence-corrected chi connectivity index (χ0v) is 14.9. The van der Waals surface area contributed by atoms with Crippen LogP contribution in [0, 0.1) is 0 Å². The summed E-state index contributed by atoms with van der Waals surface area (Å²) in [6.07, 6.45) is 0.351. The van der Waals surface area contributed by atoms with Crippen molar-refractivity contribution in [3.8, 4) is 5.75 Å². The van der Waals surface area contributed by atoms with E-state index in [-0.39, 0.29) is 19.1 Å². The number of quaternary nitrogens is 1. The van der Waals surface area contributed by atoms with Gasteiger partial charge in [-0.15, -0.1) is 0 Å². The van der Waals surface area contributed by atoms with Crippen LogP contribution in [0.3, 0.4) is 0 Å². The van der Waals surface area contributed by atoms with E-state index in [0.29, 0.717) is 13.0 Å². The Morgan fingerprint density at radius 1 is 1.04 bits per heavy atom. The minimum absolute atomic E-state index is 0.0716. The van der Waals surface area contributed by atoms with E-state index in [9.17, 15) is 9.59 Å². The van der Waals surface area contributed by atoms with Crippen LogP contribution < -0.4 is 15.8 Å². The molecule has 138 valence electrons. The largest absolute Gasteiger partial charge is 0.489 e. The average molecular weight is 357 g/mol. The Labute approximate surface area is 153 Å². The highest BCUT2D eigenvalue weighted by molar-refractivity contribution is 5.85. The summed E-state index contributed by atoms with van der Waals surface area (Å²) in [6, 6.07) is 16.6. The molecule has 0 unspecified atom stereocenters. The summed E-state index contributed by atoms with van der Waals surface area (Å²) in [5, 5.41) is 2.65. The highest BCUT2D eigenvalue weighted by Gasteiger charge is 2.22. The minimum atomic E-state index is -0.722. The van der Waals surface area contributed by atoms with Gasteiger partial charge in [0.1, 0.15) is 18.4 Å². The Morgan fingerprint density at radius 3 is 2.35 bits per heavy atom. The van der Waals surface area contributed by atoms with Crippen molar-refractivity contribution in [2.24, 2.45) is 0 Å². The number of hydrogen-bond donors (Lipinski definition) is 2. The number of ether oxygens (including phenoxy) is 2. The summed E-state index contributed by atoms with van der Waals surface area (Å²) in [5.41, 5.74) is 5.52. The molecule has 2 aromatic carbocycles. The van der Waals surface area contributed by atoms with Crippen LogP contribution in [0.2, 0.25) is 0 Å². The maximum atomic E-state index is 12.0. The Bertz CT molecular complexity index is 702. The third-order valence-electron chi connectivity index (χ3n) is 3.74. The van der Waals surface area contributed by atoms with E-state index in [2.05, 4.69) is 11.1 Å². The first-order chi connectivity index (χ1) is 12.6. The topological polar surface area (TPSA) is 92.3 Å². The molecule has 0 bridgehead atoms. The molecule has 0 fully saturated rings. The van der Waals surface area contributed by atoms with Crippen LogP contribution in [0.1, 0.15) is 18.1 Å². The molecule has 2 aromatic rings. The lowest BCUT2D eigenvalue weighted by atomic mass is 10.1. The predicted molar refractivity (Wildman–Crippen MR) is 97.2 cm³/mol. The van der Waals surface area contributed by atoms with Crippen molar-refractivity contribution in [3.63, 3.8) is 0 Å². The van der Waals surface area contributed by atoms with Gasteiger partial charge in [-0.05, 0) is 30.2 Å². The molecule has 0 aliphatic carbocycles. The zero-order valence-electron chi connectivity index (χ0n) is 14.9. The van der Waals surface area contributed by atoms with Crippen LogP contribution in [0.4, 0.5) is 0 Å². The van der Waals surface area contributed by atoms with Crippen molar-refractivity contribution in [1.82, 2.24) is 5.32 Å². The molecular weight excluding hydrogens is 332 g/mol. The standard InChI is InChI=1S/C20H24N2O4/c1-2-25-20(24)18(22-19(23)13-21)12-15-8-10-17(11-9-15)26-14-16-6-4-3-5-7-16/h3-11,18H,2,12-14,21H2,1H3,(H,22,23)/p+1/t18-/m0/s1. The fourth-order valence-electron chi connectivity index (χ4n) is 2.40. The Morgan fingerprint density at radius 2 is 1.73 bits per heavy atom. The van der Waals surface area contributed by atoms with E-state index in [1.54, 1.807) is 6.92 Å². The fourth-order valence-corrected chi connectivity index (χ4v) is 2.40. The monoisotopic (exact) mass is 357 g/mol. The SMILES string of the molecule is CCOC(=O)[C@H](Cc1ccc(OCc2ccccc2)cc1)NC(=O)C[NH3+]. The molecule has 2 rings (SSSR count). The van der Waals surface area contributed by atoms with Crippen LogP contribution in [0.25, 0.3) is 0 Å². The molecule has 0 heterocycles. The molecule has 6 heteroatoms. The third-order valence-corrected chi connectivity index (χ3v) is 3.74. The lowest BCUT2D eigenvalue weighted by Crippen LogP contribution is -2.59. The molecule has 0 aliphatic rings. The van der Waals surface area contributed by atoms with Gasteiger partial charge in [0.2, 0.25) is 0 Å². The van der Waals surface area contributed by atoms with Gasteiger partial charge in [0, 0.05) is 6.42 Å². The van der Waals surface area contributed by atoms with E-state index >= 15 is 0 Å². The molecule has 1 amide bonds. The van der Waals surface area contributed by atoms with Crippen LogP contribution in [-0.2, 0) is 27.4 Å². The fraction of sp³-hybridized carbons (Fsp3) is 0.300. The first-order valence-corrected chi connectivity index (χ1v) is 8.63. The number of amides is 1. The quantitative estimate of drug-likeness (QED) is 0.657. The van der Waals surface area contributed by atoms with E-state index in [1.807, 2.05) is 54.6 Å². The first-order valence-electron chi connectivity index (χ1n) is 8.63. The normalized spacial score (nSPS) is 11.5. The van der Waals surface area contributed by atoms with Crippen LogP contribution >= 0.6 is 0 Å². The highest BCUT2D eigenvalue weighted by Crippen LogP contribution is 2.15. The van der Waals surface area contributed by atoms with Gasteiger partial charge in [-0.2, -0.15) is 0 Å². The summed E-state index contributed by atoms with van der Waals surface area (Å²) >= 11 is 0. The lowest BCUT2D eigenvalue weighted by Gasteiger charge is -2.16. The van der Waals surface area contributed by atoms with Crippen LogP contribution in [-0.4, -0.2) is 31.1 Å². The number of rotatable bonds is 9. The van der Waals surface area contributed by atoms with Gasteiger partial charge in [0.05, 0.1) is 6.61 Å². The van der Waals surface area contributed by atoms with Crippen molar-refractivity contribution < 1.29 is 24.8 Å². The second-order valence-electron chi connectivity index (χ2n) is 5.74. The number of carbonyl (C=O) groups is 2. The summed E-state index contributed by atoms with van der Waals surface area (Å²) < 4.78 is 10.8. The summed E-state index contributed by atoms with van der Waals surface area (Å²) in [6.45, 7) is 2.56. The molecule has 0 saturated carbocycles. The van der Waals surface area contributed by atoms with Crippen molar-refractivity contribution in [1.29, 1.82) is 0 Å². The number of carbonyl (C=O) groups excluding carboxylic acids is 2. The van der Waals surface area contributed by atoms with Crippen molar-refractivity contribution in [2.75, 3.05) is 13.2 Å². The van der Waals surface area contributed by atoms with Crippen molar-refractivity contribution in [2.45, 2.75) is 26.0 Å². The molecule has 6 nitrogen and oxygen atoms in total. The Hall–Kier alpha value is -2.86. The van der Waals surface area contributed by atoms with E-state index in [1.165, 1.54) is 0 Å². The maximum absolute atomic E-state index is 12.0.